The quantitative estimate of drug-likeness (QED) is 0.840. The Hall–Kier alpha value is -1.91. The molecule has 1 aromatic heterocycles. The Morgan fingerprint density at radius 2 is 1.95 bits per heavy atom. The molecule has 0 saturated carbocycles. The van der Waals surface area contributed by atoms with Gasteiger partial charge in [0.1, 0.15) is 5.69 Å². The minimum absolute atomic E-state index is 0.0429. The minimum atomic E-state index is -1.04. The van der Waals surface area contributed by atoms with Crippen molar-refractivity contribution >= 4 is 11.9 Å². The standard InChI is InChI=1S/C14H18N2O3/c1-8-5-10(12(17)18)15-11-7-16(6-9(8)11)13(19)14(2,3)4/h5H,6-7H2,1-4H3,(H,17,18). The first-order chi connectivity index (χ1) is 8.70. The van der Waals surface area contributed by atoms with Crippen molar-refractivity contribution in [3.63, 3.8) is 0 Å². The molecule has 1 aromatic rings. The third kappa shape index (κ3) is 2.45. The monoisotopic (exact) mass is 262 g/mol. The number of hydrogen-bond donors (Lipinski definition) is 1. The molecule has 102 valence electrons. The fourth-order valence-corrected chi connectivity index (χ4v) is 2.27. The van der Waals surface area contributed by atoms with Crippen molar-refractivity contribution in [3.8, 4) is 0 Å². The molecule has 19 heavy (non-hydrogen) atoms. The third-order valence-electron chi connectivity index (χ3n) is 3.27. The van der Waals surface area contributed by atoms with Crippen LogP contribution in [0.4, 0.5) is 0 Å². The summed E-state index contributed by atoms with van der Waals surface area (Å²) >= 11 is 0. The number of aryl methyl sites for hydroxylation is 1. The molecule has 0 radical (unpaired) electrons. The fourth-order valence-electron chi connectivity index (χ4n) is 2.27. The van der Waals surface area contributed by atoms with Crippen LogP contribution in [0.5, 0.6) is 0 Å². The van der Waals surface area contributed by atoms with Crippen LogP contribution in [0.25, 0.3) is 0 Å². The predicted molar refractivity (Wildman–Crippen MR) is 69.6 cm³/mol. The Kier molecular flexibility index (Phi) is 3.08. The van der Waals surface area contributed by atoms with E-state index >= 15 is 0 Å². The van der Waals surface area contributed by atoms with Crippen molar-refractivity contribution in [1.29, 1.82) is 0 Å². The SMILES string of the molecule is Cc1cc(C(=O)O)nc2c1CN(C(=O)C(C)(C)C)C2. The van der Waals surface area contributed by atoms with E-state index in [4.69, 9.17) is 5.11 Å². The molecule has 0 saturated heterocycles. The van der Waals surface area contributed by atoms with Crippen LogP contribution < -0.4 is 0 Å². The van der Waals surface area contributed by atoms with E-state index in [-0.39, 0.29) is 11.6 Å². The van der Waals surface area contributed by atoms with Gasteiger partial charge in [-0.3, -0.25) is 4.79 Å². The van der Waals surface area contributed by atoms with Crippen molar-refractivity contribution in [1.82, 2.24) is 9.88 Å². The third-order valence-corrected chi connectivity index (χ3v) is 3.27. The molecule has 0 aromatic carbocycles. The largest absolute Gasteiger partial charge is 0.477 e. The zero-order valence-electron chi connectivity index (χ0n) is 11.6. The Bertz CT molecular complexity index is 559. The number of carbonyl (C=O) groups is 2. The second-order valence-corrected chi connectivity index (χ2v) is 5.97. The lowest BCUT2D eigenvalue weighted by Gasteiger charge is -2.25. The number of fused-ring (bicyclic) bond motifs is 1. The van der Waals surface area contributed by atoms with Gasteiger partial charge in [-0.2, -0.15) is 0 Å². The average Bonchev–Trinajstić information content (AvgIpc) is 2.70. The summed E-state index contributed by atoms with van der Waals surface area (Å²) in [7, 11) is 0. The van der Waals surface area contributed by atoms with Crippen LogP contribution in [0.1, 0.15) is 48.1 Å². The normalized spacial score (nSPS) is 14.4. The molecular formula is C14H18N2O3. The van der Waals surface area contributed by atoms with E-state index in [1.54, 1.807) is 11.0 Å². The van der Waals surface area contributed by atoms with Gasteiger partial charge in [-0.1, -0.05) is 20.8 Å². The lowest BCUT2D eigenvalue weighted by Crippen LogP contribution is -2.35. The first kappa shape index (κ1) is 13.5. The summed E-state index contributed by atoms with van der Waals surface area (Å²) in [6, 6.07) is 1.56. The highest BCUT2D eigenvalue weighted by molar-refractivity contribution is 5.86. The number of pyridine rings is 1. The second kappa shape index (κ2) is 4.33. The summed E-state index contributed by atoms with van der Waals surface area (Å²) in [5, 5.41) is 9.00. The zero-order chi connectivity index (χ0) is 14.4. The molecule has 1 amide bonds. The first-order valence-electron chi connectivity index (χ1n) is 6.22. The van der Waals surface area contributed by atoms with Gasteiger partial charge >= 0.3 is 5.97 Å². The zero-order valence-corrected chi connectivity index (χ0v) is 11.6. The Labute approximate surface area is 112 Å². The lowest BCUT2D eigenvalue weighted by atomic mass is 9.95. The fraction of sp³-hybridized carbons (Fsp3) is 0.500. The summed E-state index contributed by atoms with van der Waals surface area (Å²) < 4.78 is 0. The van der Waals surface area contributed by atoms with Gasteiger partial charge < -0.3 is 10.0 Å². The second-order valence-electron chi connectivity index (χ2n) is 5.97. The number of amides is 1. The molecule has 1 aliphatic heterocycles. The van der Waals surface area contributed by atoms with Crippen LogP contribution in [-0.2, 0) is 17.9 Å². The van der Waals surface area contributed by atoms with E-state index in [1.165, 1.54) is 0 Å². The van der Waals surface area contributed by atoms with Crippen molar-refractivity contribution in [2.45, 2.75) is 40.8 Å². The van der Waals surface area contributed by atoms with E-state index in [9.17, 15) is 9.59 Å². The van der Waals surface area contributed by atoms with Crippen LogP contribution in [0.15, 0.2) is 6.07 Å². The molecule has 1 N–H and O–H groups in total. The van der Waals surface area contributed by atoms with Crippen molar-refractivity contribution < 1.29 is 14.7 Å². The summed E-state index contributed by atoms with van der Waals surface area (Å²) in [4.78, 5) is 29.1. The minimum Gasteiger partial charge on any atom is -0.477 e. The van der Waals surface area contributed by atoms with Crippen LogP contribution in [0.3, 0.4) is 0 Å². The first-order valence-corrected chi connectivity index (χ1v) is 6.22. The number of carbonyl (C=O) groups excluding carboxylic acids is 1. The molecule has 0 fully saturated rings. The molecule has 0 atom stereocenters. The van der Waals surface area contributed by atoms with Crippen LogP contribution >= 0.6 is 0 Å². The van der Waals surface area contributed by atoms with E-state index in [2.05, 4.69) is 4.98 Å². The number of aromatic nitrogens is 1. The maximum absolute atomic E-state index is 12.2. The van der Waals surface area contributed by atoms with E-state index < -0.39 is 11.4 Å². The molecule has 0 aliphatic carbocycles. The Morgan fingerprint density at radius 1 is 1.32 bits per heavy atom. The summed E-state index contributed by atoms with van der Waals surface area (Å²) in [6.45, 7) is 8.40. The van der Waals surface area contributed by atoms with Gasteiger partial charge in [-0.15, -0.1) is 0 Å². The van der Waals surface area contributed by atoms with Crippen LogP contribution in [0.2, 0.25) is 0 Å². The van der Waals surface area contributed by atoms with Crippen molar-refractivity contribution in [3.05, 3.63) is 28.6 Å². The molecule has 5 heteroatoms. The van der Waals surface area contributed by atoms with Gasteiger partial charge in [0.2, 0.25) is 5.91 Å². The highest BCUT2D eigenvalue weighted by Crippen LogP contribution is 2.29. The molecule has 1 aliphatic rings. The van der Waals surface area contributed by atoms with Gasteiger partial charge in [0, 0.05) is 12.0 Å². The summed E-state index contributed by atoms with van der Waals surface area (Å²) in [5.74, 6) is -0.978. The van der Waals surface area contributed by atoms with Crippen molar-refractivity contribution in [2.75, 3.05) is 0 Å². The van der Waals surface area contributed by atoms with Gasteiger partial charge in [0.15, 0.2) is 0 Å². The molecule has 0 spiro atoms. The predicted octanol–water partition coefficient (Wildman–Crippen LogP) is 1.98. The van der Waals surface area contributed by atoms with Crippen LogP contribution in [0, 0.1) is 12.3 Å². The maximum atomic E-state index is 12.2. The van der Waals surface area contributed by atoms with Crippen molar-refractivity contribution in [2.24, 2.45) is 5.41 Å². The average molecular weight is 262 g/mol. The highest BCUT2D eigenvalue weighted by Gasteiger charge is 2.33. The van der Waals surface area contributed by atoms with E-state index in [1.807, 2.05) is 27.7 Å². The number of hydrogen-bond acceptors (Lipinski definition) is 3. The molecule has 0 unspecified atom stereocenters. The molecule has 2 rings (SSSR count). The summed E-state index contributed by atoms with van der Waals surface area (Å²) in [6.07, 6.45) is 0. The lowest BCUT2D eigenvalue weighted by molar-refractivity contribution is -0.140. The molecular weight excluding hydrogens is 244 g/mol. The van der Waals surface area contributed by atoms with E-state index in [0.717, 1.165) is 11.1 Å². The molecule has 2 heterocycles. The van der Waals surface area contributed by atoms with Gasteiger partial charge in [0.05, 0.1) is 12.2 Å². The molecule has 0 bridgehead atoms. The topological polar surface area (TPSA) is 70.5 Å². The Balaban J connectivity index is 2.33. The van der Waals surface area contributed by atoms with E-state index in [0.29, 0.717) is 18.8 Å². The Morgan fingerprint density at radius 3 is 2.47 bits per heavy atom. The number of carboxylic acid groups (broad SMARTS) is 1. The number of rotatable bonds is 1. The highest BCUT2D eigenvalue weighted by atomic mass is 16.4. The smallest absolute Gasteiger partial charge is 0.354 e. The van der Waals surface area contributed by atoms with Gasteiger partial charge in [-0.05, 0) is 24.1 Å². The number of aromatic carboxylic acids is 1. The van der Waals surface area contributed by atoms with Gasteiger partial charge in [0.25, 0.3) is 0 Å². The molecule has 5 nitrogen and oxygen atoms in total. The van der Waals surface area contributed by atoms with Crippen LogP contribution in [-0.4, -0.2) is 26.9 Å². The summed E-state index contributed by atoms with van der Waals surface area (Å²) in [5.41, 5.74) is 2.16. The number of carboxylic acids is 1. The number of nitrogens with zero attached hydrogens (tertiary/aromatic N) is 2. The maximum Gasteiger partial charge on any atom is 0.354 e. The van der Waals surface area contributed by atoms with Gasteiger partial charge in [-0.25, -0.2) is 9.78 Å².